The largest absolute Gasteiger partial charge is 0.346 e. The molecule has 0 bridgehead atoms. The molecule has 3 N–H and O–H groups in total. The number of nitrogens with zero attached hydrogens (tertiary/aromatic N) is 2. The van der Waals surface area contributed by atoms with Crippen LogP contribution in [0.1, 0.15) is 29.8 Å². The van der Waals surface area contributed by atoms with Crippen molar-refractivity contribution < 1.29 is 14.4 Å². The Balaban J connectivity index is 2.42. The predicted octanol–water partition coefficient (Wildman–Crippen LogP) is 2.32. The summed E-state index contributed by atoms with van der Waals surface area (Å²) in [5, 5.41) is 2.91. The standard InChI is InChI=1S/C23H29ClN4O3/c1-3-27(4-2)12-13-28(22(30)16-26-21(29)15-25)20-11-10-18(24)14-19(20)23(31)17-8-6-5-7-9-17/h5-11,14H,3-4,12-13,15-16,25H2,1-2H3,(H,26,29). The molecule has 0 aliphatic rings. The summed E-state index contributed by atoms with van der Waals surface area (Å²) in [6, 6.07) is 13.7. The van der Waals surface area contributed by atoms with Crippen LogP contribution < -0.4 is 16.0 Å². The highest BCUT2D eigenvalue weighted by Crippen LogP contribution is 2.27. The van der Waals surface area contributed by atoms with Crippen LogP contribution in [-0.4, -0.2) is 61.8 Å². The highest BCUT2D eigenvalue weighted by atomic mass is 35.5. The summed E-state index contributed by atoms with van der Waals surface area (Å²) >= 11 is 6.19. The Bertz CT molecular complexity index is 901. The number of hydrogen-bond acceptors (Lipinski definition) is 5. The lowest BCUT2D eigenvalue weighted by Gasteiger charge is -2.28. The molecule has 0 saturated heterocycles. The van der Waals surface area contributed by atoms with E-state index in [4.69, 9.17) is 17.3 Å². The number of nitrogens with two attached hydrogens (primary N) is 1. The van der Waals surface area contributed by atoms with E-state index < -0.39 is 5.91 Å². The number of ketones is 1. The molecule has 0 heterocycles. The summed E-state index contributed by atoms with van der Waals surface area (Å²) in [5.74, 6) is -0.989. The molecule has 166 valence electrons. The van der Waals surface area contributed by atoms with Gasteiger partial charge in [-0.3, -0.25) is 14.4 Å². The normalized spacial score (nSPS) is 10.7. The van der Waals surface area contributed by atoms with Gasteiger partial charge < -0.3 is 20.9 Å². The van der Waals surface area contributed by atoms with Gasteiger partial charge in [0.1, 0.15) is 0 Å². The number of hydrogen-bond donors (Lipinski definition) is 2. The average Bonchev–Trinajstić information content (AvgIpc) is 2.80. The summed E-state index contributed by atoms with van der Waals surface area (Å²) in [6.07, 6.45) is 0. The fourth-order valence-electron chi connectivity index (χ4n) is 3.17. The first kappa shape index (κ1) is 24.5. The number of likely N-dealkylation sites (N-methyl/N-ethyl adjacent to an activating group) is 1. The monoisotopic (exact) mass is 444 g/mol. The zero-order chi connectivity index (χ0) is 22.8. The molecule has 0 aliphatic carbocycles. The van der Waals surface area contributed by atoms with Crippen LogP contribution in [0, 0.1) is 0 Å². The molecule has 2 amide bonds. The maximum absolute atomic E-state index is 13.2. The van der Waals surface area contributed by atoms with Gasteiger partial charge in [0.2, 0.25) is 11.8 Å². The topological polar surface area (TPSA) is 95.7 Å². The van der Waals surface area contributed by atoms with Gasteiger partial charge in [0.05, 0.1) is 18.8 Å². The first-order valence-corrected chi connectivity index (χ1v) is 10.7. The van der Waals surface area contributed by atoms with Crippen molar-refractivity contribution in [2.45, 2.75) is 13.8 Å². The van der Waals surface area contributed by atoms with Gasteiger partial charge in [-0.15, -0.1) is 0 Å². The Kier molecular flexibility index (Phi) is 9.65. The maximum atomic E-state index is 13.2. The lowest BCUT2D eigenvalue weighted by molar-refractivity contribution is -0.124. The van der Waals surface area contributed by atoms with Gasteiger partial charge in [0.15, 0.2) is 5.78 Å². The van der Waals surface area contributed by atoms with Crippen LogP contribution in [0.3, 0.4) is 0 Å². The fraction of sp³-hybridized carbons (Fsp3) is 0.348. The number of carbonyl (C=O) groups is 3. The molecule has 0 fully saturated rings. The molecule has 0 atom stereocenters. The van der Waals surface area contributed by atoms with Gasteiger partial charge in [-0.05, 0) is 31.3 Å². The SMILES string of the molecule is CCN(CC)CCN(C(=O)CNC(=O)CN)c1ccc(Cl)cc1C(=O)c1ccccc1. The Morgan fingerprint density at radius 1 is 1.00 bits per heavy atom. The third kappa shape index (κ3) is 6.89. The number of benzene rings is 2. The van der Waals surface area contributed by atoms with Gasteiger partial charge in [-0.25, -0.2) is 0 Å². The van der Waals surface area contributed by atoms with Crippen molar-refractivity contribution in [3.05, 3.63) is 64.7 Å². The van der Waals surface area contributed by atoms with Crippen molar-refractivity contribution in [2.75, 3.05) is 44.2 Å². The van der Waals surface area contributed by atoms with Gasteiger partial charge in [0.25, 0.3) is 0 Å². The quantitative estimate of drug-likeness (QED) is 0.518. The smallest absolute Gasteiger partial charge is 0.246 e. The van der Waals surface area contributed by atoms with E-state index in [0.717, 1.165) is 13.1 Å². The highest BCUT2D eigenvalue weighted by Gasteiger charge is 2.23. The number of nitrogens with one attached hydrogen (secondary N) is 1. The second-order valence-electron chi connectivity index (χ2n) is 6.91. The molecule has 0 aromatic heterocycles. The minimum atomic E-state index is -0.422. The predicted molar refractivity (Wildman–Crippen MR) is 124 cm³/mol. The Morgan fingerprint density at radius 2 is 1.68 bits per heavy atom. The van der Waals surface area contributed by atoms with Crippen LogP contribution in [-0.2, 0) is 9.59 Å². The molecule has 31 heavy (non-hydrogen) atoms. The Hall–Kier alpha value is -2.74. The van der Waals surface area contributed by atoms with Gasteiger partial charge in [-0.2, -0.15) is 0 Å². The third-order valence-electron chi connectivity index (χ3n) is 4.99. The van der Waals surface area contributed by atoms with Crippen LogP contribution in [0.4, 0.5) is 5.69 Å². The lowest BCUT2D eigenvalue weighted by Crippen LogP contribution is -2.45. The van der Waals surface area contributed by atoms with Gasteiger partial charge >= 0.3 is 0 Å². The van der Waals surface area contributed by atoms with E-state index in [9.17, 15) is 14.4 Å². The van der Waals surface area contributed by atoms with E-state index in [-0.39, 0.29) is 24.8 Å². The lowest BCUT2D eigenvalue weighted by atomic mass is 10.0. The van der Waals surface area contributed by atoms with Crippen LogP contribution in [0.5, 0.6) is 0 Å². The summed E-state index contributed by atoms with van der Waals surface area (Å²) < 4.78 is 0. The number of halogens is 1. The molecule has 8 heteroatoms. The summed E-state index contributed by atoms with van der Waals surface area (Å²) in [5.41, 5.74) is 6.61. The molecular weight excluding hydrogens is 416 g/mol. The van der Waals surface area contributed by atoms with Gasteiger partial charge in [0, 0.05) is 29.2 Å². The van der Waals surface area contributed by atoms with Crippen molar-refractivity contribution >= 4 is 34.9 Å². The number of rotatable bonds is 11. The molecular formula is C23H29ClN4O3. The zero-order valence-electron chi connectivity index (χ0n) is 17.9. The Morgan fingerprint density at radius 3 is 2.29 bits per heavy atom. The molecule has 0 unspecified atom stereocenters. The molecule has 0 aliphatic heterocycles. The van der Waals surface area contributed by atoms with Crippen molar-refractivity contribution in [2.24, 2.45) is 5.73 Å². The van der Waals surface area contributed by atoms with E-state index in [1.54, 1.807) is 42.5 Å². The van der Waals surface area contributed by atoms with E-state index in [1.165, 1.54) is 4.90 Å². The maximum Gasteiger partial charge on any atom is 0.246 e. The zero-order valence-corrected chi connectivity index (χ0v) is 18.7. The average molecular weight is 445 g/mol. The fourth-order valence-corrected chi connectivity index (χ4v) is 3.35. The van der Waals surface area contributed by atoms with E-state index in [1.807, 2.05) is 19.9 Å². The van der Waals surface area contributed by atoms with Crippen molar-refractivity contribution in [3.8, 4) is 0 Å². The van der Waals surface area contributed by atoms with Crippen LogP contribution in [0.25, 0.3) is 0 Å². The third-order valence-corrected chi connectivity index (χ3v) is 5.22. The summed E-state index contributed by atoms with van der Waals surface area (Å²) in [4.78, 5) is 41.5. The number of amides is 2. The summed E-state index contributed by atoms with van der Waals surface area (Å²) in [6.45, 7) is 6.31. The second kappa shape index (κ2) is 12.2. The van der Waals surface area contributed by atoms with E-state index in [2.05, 4.69) is 10.2 Å². The van der Waals surface area contributed by atoms with Crippen LogP contribution in [0.2, 0.25) is 5.02 Å². The first-order valence-electron chi connectivity index (χ1n) is 10.3. The molecule has 7 nitrogen and oxygen atoms in total. The van der Waals surface area contributed by atoms with Gasteiger partial charge in [-0.1, -0.05) is 55.8 Å². The first-order chi connectivity index (χ1) is 14.9. The van der Waals surface area contributed by atoms with Crippen molar-refractivity contribution in [1.82, 2.24) is 10.2 Å². The van der Waals surface area contributed by atoms with E-state index >= 15 is 0 Å². The van der Waals surface area contributed by atoms with E-state index in [0.29, 0.717) is 34.9 Å². The Labute approximate surface area is 188 Å². The van der Waals surface area contributed by atoms with Crippen LogP contribution >= 0.6 is 11.6 Å². The minimum absolute atomic E-state index is 0.203. The summed E-state index contributed by atoms with van der Waals surface area (Å²) in [7, 11) is 0. The molecule has 2 rings (SSSR count). The molecule has 2 aromatic rings. The van der Waals surface area contributed by atoms with Crippen molar-refractivity contribution in [3.63, 3.8) is 0 Å². The second-order valence-corrected chi connectivity index (χ2v) is 7.35. The minimum Gasteiger partial charge on any atom is -0.346 e. The molecule has 0 spiro atoms. The number of anilines is 1. The molecule has 0 saturated carbocycles. The number of carbonyl (C=O) groups excluding carboxylic acids is 3. The molecule has 0 radical (unpaired) electrons. The van der Waals surface area contributed by atoms with Crippen LogP contribution in [0.15, 0.2) is 48.5 Å². The highest BCUT2D eigenvalue weighted by molar-refractivity contribution is 6.31. The van der Waals surface area contributed by atoms with Crippen molar-refractivity contribution in [1.29, 1.82) is 0 Å². The molecule has 2 aromatic carbocycles.